The first-order chi connectivity index (χ1) is 11.1. The molecule has 3 rings (SSSR count). The minimum Gasteiger partial charge on any atom is -0.494 e. The molecule has 1 N–H and O–H groups in total. The van der Waals surface area contributed by atoms with Gasteiger partial charge in [0.2, 0.25) is 0 Å². The number of hydrogen-bond acceptors (Lipinski definition) is 5. The maximum Gasteiger partial charge on any atom is 0.260 e. The van der Waals surface area contributed by atoms with Gasteiger partial charge < -0.3 is 9.15 Å². The molecule has 118 valence electrons. The maximum atomic E-state index is 13.8. The van der Waals surface area contributed by atoms with Gasteiger partial charge in [0.1, 0.15) is 5.76 Å². The van der Waals surface area contributed by atoms with Crippen LogP contribution in [0, 0.1) is 12.7 Å². The van der Waals surface area contributed by atoms with Gasteiger partial charge in [0.05, 0.1) is 24.6 Å². The van der Waals surface area contributed by atoms with Crippen molar-refractivity contribution in [3.8, 4) is 17.0 Å². The lowest BCUT2D eigenvalue weighted by atomic mass is 10.1. The number of carbonyl (C=O) groups excluding carboxylic acids is 1. The first-order valence-corrected chi connectivity index (χ1v) is 7.61. The molecule has 3 aromatic rings. The van der Waals surface area contributed by atoms with E-state index >= 15 is 0 Å². The molecular weight excluding hydrogens is 319 g/mol. The maximum absolute atomic E-state index is 13.8. The number of methoxy groups -OCH3 is 1. The monoisotopic (exact) mass is 332 g/mol. The summed E-state index contributed by atoms with van der Waals surface area (Å²) < 4.78 is 23.7. The van der Waals surface area contributed by atoms with Gasteiger partial charge in [0, 0.05) is 10.9 Å². The van der Waals surface area contributed by atoms with Crippen molar-refractivity contribution in [3.05, 3.63) is 53.0 Å². The molecule has 0 aliphatic carbocycles. The number of benzene rings is 1. The number of hydrogen-bond donors (Lipinski definition) is 1. The predicted molar refractivity (Wildman–Crippen MR) is 85.5 cm³/mol. The van der Waals surface area contributed by atoms with Crippen LogP contribution in [0.25, 0.3) is 11.3 Å². The second kappa shape index (κ2) is 6.21. The highest BCUT2D eigenvalue weighted by molar-refractivity contribution is 7.14. The van der Waals surface area contributed by atoms with E-state index in [2.05, 4.69) is 10.3 Å². The molecule has 0 spiro atoms. The lowest BCUT2D eigenvalue weighted by Gasteiger charge is -2.03. The summed E-state index contributed by atoms with van der Waals surface area (Å²) in [5.41, 5.74) is 1.65. The number of anilines is 1. The number of carbonyl (C=O) groups is 1. The Bertz CT molecular complexity index is 857. The van der Waals surface area contributed by atoms with E-state index in [0.717, 1.165) is 0 Å². The van der Waals surface area contributed by atoms with E-state index in [4.69, 9.17) is 9.15 Å². The Morgan fingerprint density at radius 2 is 2.22 bits per heavy atom. The molecule has 5 nitrogen and oxygen atoms in total. The molecule has 0 aliphatic heterocycles. The van der Waals surface area contributed by atoms with E-state index in [1.807, 2.05) is 0 Å². The quantitative estimate of drug-likeness (QED) is 0.781. The van der Waals surface area contributed by atoms with Crippen LogP contribution in [0.1, 0.15) is 16.1 Å². The molecule has 1 amide bonds. The van der Waals surface area contributed by atoms with Crippen molar-refractivity contribution in [2.75, 3.05) is 12.4 Å². The van der Waals surface area contributed by atoms with Gasteiger partial charge in [-0.1, -0.05) is 0 Å². The summed E-state index contributed by atoms with van der Waals surface area (Å²) in [4.78, 5) is 16.4. The van der Waals surface area contributed by atoms with Gasteiger partial charge in [-0.25, -0.2) is 9.37 Å². The first-order valence-electron chi connectivity index (χ1n) is 6.73. The predicted octanol–water partition coefficient (Wildman–Crippen LogP) is 4.11. The molecule has 0 radical (unpaired) electrons. The lowest BCUT2D eigenvalue weighted by molar-refractivity contribution is 0.102. The van der Waals surface area contributed by atoms with Crippen LogP contribution in [0.15, 0.2) is 40.3 Å². The number of amides is 1. The molecule has 1 aromatic carbocycles. The molecule has 0 saturated heterocycles. The van der Waals surface area contributed by atoms with Crippen molar-refractivity contribution in [1.29, 1.82) is 0 Å². The zero-order valence-corrected chi connectivity index (χ0v) is 13.2. The van der Waals surface area contributed by atoms with E-state index in [-0.39, 0.29) is 11.7 Å². The minimum absolute atomic E-state index is 0.174. The Kier molecular flexibility index (Phi) is 4.12. The number of ether oxygens (including phenoxy) is 1. The zero-order chi connectivity index (χ0) is 16.4. The molecule has 7 heteroatoms. The number of aryl methyl sites for hydroxylation is 1. The van der Waals surface area contributed by atoms with Crippen LogP contribution >= 0.6 is 11.3 Å². The fourth-order valence-corrected chi connectivity index (χ4v) is 2.79. The molecule has 2 heterocycles. The second-order valence-electron chi connectivity index (χ2n) is 4.73. The smallest absolute Gasteiger partial charge is 0.260 e. The number of halogens is 1. The second-order valence-corrected chi connectivity index (χ2v) is 5.59. The van der Waals surface area contributed by atoms with Crippen LogP contribution in [0.5, 0.6) is 5.75 Å². The Morgan fingerprint density at radius 3 is 2.87 bits per heavy atom. The summed E-state index contributed by atoms with van der Waals surface area (Å²) in [5, 5.41) is 4.88. The highest BCUT2D eigenvalue weighted by Gasteiger charge is 2.14. The normalized spacial score (nSPS) is 10.6. The van der Waals surface area contributed by atoms with Gasteiger partial charge in [-0.05, 0) is 31.2 Å². The van der Waals surface area contributed by atoms with E-state index in [1.165, 1.54) is 36.8 Å². The Labute approximate surface area is 135 Å². The van der Waals surface area contributed by atoms with Gasteiger partial charge in [-0.15, -0.1) is 11.3 Å². The summed E-state index contributed by atoms with van der Waals surface area (Å²) in [6.45, 7) is 1.71. The van der Waals surface area contributed by atoms with E-state index in [9.17, 15) is 9.18 Å². The van der Waals surface area contributed by atoms with Gasteiger partial charge in [0.25, 0.3) is 5.91 Å². The average molecular weight is 332 g/mol. The molecule has 0 atom stereocenters. The highest BCUT2D eigenvalue weighted by atomic mass is 32.1. The summed E-state index contributed by atoms with van der Waals surface area (Å²) in [7, 11) is 1.41. The van der Waals surface area contributed by atoms with Crippen LogP contribution in [0.2, 0.25) is 0 Å². The van der Waals surface area contributed by atoms with E-state index in [1.54, 1.807) is 24.4 Å². The number of nitrogens with zero attached hydrogens (tertiary/aromatic N) is 1. The van der Waals surface area contributed by atoms with E-state index in [0.29, 0.717) is 27.7 Å². The fourth-order valence-electron chi connectivity index (χ4n) is 2.07. The van der Waals surface area contributed by atoms with Crippen molar-refractivity contribution in [2.24, 2.45) is 0 Å². The van der Waals surface area contributed by atoms with Gasteiger partial charge in [-0.3, -0.25) is 10.1 Å². The van der Waals surface area contributed by atoms with Gasteiger partial charge >= 0.3 is 0 Å². The molecule has 0 saturated carbocycles. The van der Waals surface area contributed by atoms with Crippen molar-refractivity contribution >= 4 is 22.4 Å². The number of thiazole rings is 1. The molecule has 23 heavy (non-hydrogen) atoms. The van der Waals surface area contributed by atoms with Crippen LogP contribution in [-0.2, 0) is 0 Å². The molecule has 2 aromatic heterocycles. The first kappa shape index (κ1) is 15.2. The fraction of sp³-hybridized carbons (Fsp3) is 0.125. The molecule has 0 unspecified atom stereocenters. The number of rotatable bonds is 4. The van der Waals surface area contributed by atoms with Crippen LogP contribution < -0.4 is 10.1 Å². The van der Waals surface area contributed by atoms with Crippen molar-refractivity contribution < 1.29 is 18.3 Å². The lowest BCUT2D eigenvalue weighted by Crippen LogP contribution is -2.11. The SMILES string of the molecule is COc1ccc(-c2csc(NC(=O)c3ccoc3C)n2)cc1F. The summed E-state index contributed by atoms with van der Waals surface area (Å²) in [6.07, 6.45) is 1.46. The number of furan rings is 1. The highest BCUT2D eigenvalue weighted by Crippen LogP contribution is 2.28. The average Bonchev–Trinajstić information content (AvgIpc) is 3.16. The van der Waals surface area contributed by atoms with Gasteiger partial charge in [0.15, 0.2) is 16.7 Å². The van der Waals surface area contributed by atoms with Crippen LogP contribution in [-0.4, -0.2) is 18.0 Å². The number of aromatic nitrogens is 1. The Balaban J connectivity index is 1.79. The van der Waals surface area contributed by atoms with Crippen LogP contribution in [0.3, 0.4) is 0 Å². The van der Waals surface area contributed by atoms with E-state index < -0.39 is 5.82 Å². The molecule has 0 bridgehead atoms. The summed E-state index contributed by atoms with van der Waals surface area (Å²) in [5.74, 6) is -0.0416. The van der Waals surface area contributed by atoms with Crippen molar-refractivity contribution in [1.82, 2.24) is 4.98 Å². The Hall–Kier alpha value is -2.67. The van der Waals surface area contributed by atoms with Crippen molar-refractivity contribution in [3.63, 3.8) is 0 Å². The molecule has 0 aliphatic rings. The molecule has 0 fully saturated rings. The largest absolute Gasteiger partial charge is 0.494 e. The zero-order valence-electron chi connectivity index (χ0n) is 12.4. The van der Waals surface area contributed by atoms with Crippen LogP contribution in [0.4, 0.5) is 9.52 Å². The molecular formula is C16H13FN2O3S. The van der Waals surface area contributed by atoms with Crippen molar-refractivity contribution in [2.45, 2.75) is 6.92 Å². The summed E-state index contributed by atoms with van der Waals surface area (Å²) in [6, 6.07) is 6.19. The standard InChI is InChI=1S/C16H13FN2O3S/c1-9-11(5-6-22-9)15(20)19-16-18-13(8-23-16)10-3-4-14(21-2)12(17)7-10/h3-8H,1-2H3,(H,18,19,20). The topological polar surface area (TPSA) is 64.4 Å². The third-order valence-electron chi connectivity index (χ3n) is 3.28. The Morgan fingerprint density at radius 1 is 1.39 bits per heavy atom. The minimum atomic E-state index is -0.461. The third-order valence-corrected chi connectivity index (χ3v) is 4.03. The summed E-state index contributed by atoms with van der Waals surface area (Å²) >= 11 is 1.26. The van der Waals surface area contributed by atoms with Gasteiger partial charge in [-0.2, -0.15) is 0 Å². The number of nitrogens with one attached hydrogen (secondary N) is 1. The third kappa shape index (κ3) is 3.09.